The molecule has 1 aromatic carbocycles. The maximum Gasteiger partial charge on any atom is 0.265 e. The Hall–Kier alpha value is -1.89. The summed E-state index contributed by atoms with van der Waals surface area (Å²) >= 11 is 0. The van der Waals surface area contributed by atoms with Gasteiger partial charge in [0.1, 0.15) is 10.7 Å². The molecule has 0 radical (unpaired) electrons. The summed E-state index contributed by atoms with van der Waals surface area (Å²) in [7, 11) is -3.72. The van der Waals surface area contributed by atoms with E-state index < -0.39 is 15.8 Å². The Kier molecular flexibility index (Phi) is 3.80. The molecule has 1 heterocycles. The molecular weight excluding hydrogens is 281 g/mol. The quantitative estimate of drug-likeness (QED) is 0.943. The molecule has 0 unspecified atom stereocenters. The highest BCUT2D eigenvalue weighted by Crippen LogP contribution is 2.20. The van der Waals surface area contributed by atoms with E-state index >= 15 is 0 Å². The van der Waals surface area contributed by atoms with Crippen molar-refractivity contribution < 1.29 is 12.8 Å². The van der Waals surface area contributed by atoms with Gasteiger partial charge >= 0.3 is 0 Å². The molecule has 1 N–H and O–H groups in total. The van der Waals surface area contributed by atoms with Gasteiger partial charge in [-0.25, -0.2) is 12.8 Å². The predicted octanol–water partition coefficient (Wildman–Crippen LogP) is 2.71. The molecule has 0 bridgehead atoms. The minimum atomic E-state index is -3.72. The molecule has 0 saturated heterocycles. The van der Waals surface area contributed by atoms with Crippen molar-refractivity contribution in [2.24, 2.45) is 0 Å². The molecule has 0 fully saturated rings. The minimum absolute atomic E-state index is 0.0755. The lowest BCUT2D eigenvalue weighted by atomic mass is 10.2. The van der Waals surface area contributed by atoms with E-state index in [1.54, 1.807) is 11.6 Å². The number of anilines is 1. The molecule has 1 aromatic heterocycles. The molecule has 0 spiro atoms. The van der Waals surface area contributed by atoms with E-state index in [0.29, 0.717) is 11.3 Å². The molecule has 7 heteroatoms. The van der Waals surface area contributed by atoms with Crippen LogP contribution < -0.4 is 4.72 Å². The number of aromatic nitrogens is 2. The Morgan fingerprint density at radius 1 is 1.35 bits per heavy atom. The van der Waals surface area contributed by atoms with Gasteiger partial charge in [-0.2, -0.15) is 5.10 Å². The molecule has 0 atom stereocenters. The largest absolute Gasteiger partial charge is 0.279 e. The smallest absolute Gasteiger partial charge is 0.265 e. The Morgan fingerprint density at radius 2 is 2.05 bits per heavy atom. The molecular formula is C13H16FN3O2S. The number of nitrogens with one attached hydrogen (secondary N) is 1. The van der Waals surface area contributed by atoms with Crippen molar-refractivity contribution in [3.63, 3.8) is 0 Å². The van der Waals surface area contributed by atoms with E-state index in [0.717, 1.165) is 0 Å². The lowest BCUT2D eigenvalue weighted by Crippen LogP contribution is -2.13. The maximum absolute atomic E-state index is 13.0. The lowest BCUT2D eigenvalue weighted by Gasteiger charge is -2.09. The molecule has 0 aliphatic rings. The number of rotatable bonds is 4. The summed E-state index contributed by atoms with van der Waals surface area (Å²) in [5.41, 5.74) is 0.869. The van der Waals surface area contributed by atoms with Crippen LogP contribution in [0.3, 0.4) is 0 Å². The van der Waals surface area contributed by atoms with Crippen molar-refractivity contribution in [1.82, 2.24) is 9.78 Å². The summed E-state index contributed by atoms with van der Waals surface area (Å²) < 4.78 is 41.4. The van der Waals surface area contributed by atoms with E-state index in [1.807, 2.05) is 13.8 Å². The molecule has 0 saturated carbocycles. The third-order valence-electron chi connectivity index (χ3n) is 2.85. The molecule has 20 heavy (non-hydrogen) atoms. The van der Waals surface area contributed by atoms with Gasteiger partial charge in [-0.1, -0.05) is 0 Å². The summed E-state index contributed by atoms with van der Waals surface area (Å²) in [4.78, 5) is 0.0786. The van der Waals surface area contributed by atoms with Crippen LogP contribution in [-0.2, 0) is 10.0 Å². The van der Waals surface area contributed by atoms with E-state index in [-0.39, 0.29) is 10.9 Å². The van der Waals surface area contributed by atoms with Crippen molar-refractivity contribution in [3.8, 4) is 0 Å². The van der Waals surface area contributed by atoms with Gasteiger partial charge in [0.2, 0.25) is 0 Å². The average Bonchev–Trinajstić information content (AvgIpc) is 2.83. The van der Waals surface area contributed by atoms with Gasteiger partial charge in [0, 0.05) is 12.2 Å². The summed E-state index contributed by atoms with van der Waals surface area (Å²) in [5, 5.41) is 4.00. The van der Waals surface area contributed by atoms with Crippen LogP contribution in [-0.4, -0.2) is 18.2 Å². The zero-order chi connectivity index (χ0) is 14.9. The highest BCUT2D eigenvalue weighted by atomic mass is 32.2. The number of halogens is 1. The first-order valence-electron chi connectivity index (χ1n) is 6.13. The van der Waals surface area contributed by atoms with E-state index in [4.69, 9.17) is 0 Å². The third kappa shape index (κ3) is 2.98. The van der Waals surface area contributed by atoms with Crippen LogP contribution in [0.2, 0.25) is 0 Å². The highest BCUT2D eigenvalue weighted by molar-refractivity contribution is 7.92. The molecule has 0 amide bonds. The van der Waals surface area contributed by atoms with Crippen molar-refractivity contribution >= 4 is 15.7 Å². The average molecular weight is 297 g/mol. The van der Waals surface area contributed by atoms with Crippen LogP contribution in [0.25, 0.3) is 0 Å². The molecule has 108 valence electrons. The second-order valence-electron chi connectivity index (χ2n) is 4.81. The molecule has 2 rings (SSSR count). The number of hydrogen-bond acceptors (Lipinski definition) is 3. The van der Waals surface area contributed by atoms with Crippen molar-refractivity contribution in [3.05, 3.63) is 42.0 Å². The Morgan fingerprint density at radius 3 is 2.60 bits per heavy atom. The summed E-state index contributed by atoms with van der Waals surface area (Å²) in [6, 6.07) is 3.96. The minimum Gasteiger partial charge on any atom is -0.279 e. The monoisotopic (exact) mass is 297 g/mol. The van der Waals surface area contributed by atoms with Crippen molar-refractivity contribution in [1.29, 1.82) is 0 Å². The van der Waals surface area contributed by atoms with Gasteiger partial charge in [-0.05, 0) is 44.5 Å². The van der Waals surface area contributed by atoms with Crippen LogP contribution in [0.15, 0.2) is 35.5 Å². The van der Waals surface area contributed by atoms with Crippen LogP contribution in [0.4, 0.5) is 10.1 Å². The Bertz CT molecular complexity index is 723. The first-order chi connectivity index (χ1) is 9.29. The number of nitrogens with zero attached hydrogens (tertiary/aromatic N) is 2. The van der Waals surface area contributed by atoms with Crippen LogP contribution in [0.1, 0.15) is 25.5 Å². The highest BCUT2D eigenvalue weighted by Gasteiger charge is 2.18. The topological polar surface area (TPSA) is 64.0 Å². The van der Waals surface area contributed by atoms with Gasteiger partial charge in [0.25, 0.3) is 10.0 Å². The van der Waals surface area contributed by atoms with Crippen LogP contribution in [0.5, 0.6) is 0 Å². The fourth-order valence-electron chi connectivity index (χ4n) is 1.69. The molecule has 5 nitrogen and oxygen atoms in total. The standard InChI is InChI=1S/C13H16FN3O2S/c1-9(2)17-8-12(7-15-17)20(18,19)16-13-5-4-11(14)6-10(13)3/h4-9,16H,1-3H3. The first-order valence-corrected chi connectivity index (χ1v) is 7.61. The van der Waals surface area contributed by atoms with Gasteiger partial charge < -0.3 is 0 Å². The Labute approximate surface area is 117 Å². The fourth-order valence-corrected chi connectivity index (χ4v) is 2.76. The second-order valence-corrected chi connectivity index (χ2v) is 6.50. The van der Waals surface area contributed by atoms with Gasteiger partial charge in [-0.15, -0.1) is 0 Å². The molecule has 0 aliphatic carbocycles. The number of aryl methyl sites for hydroxylation is 1. The zero-order valence-corrected chi connectivity index (χ0v) is 12.3. The number of hydrogen-bond donors (Lipinski definition) is 1. The maximum atomic E-state index is 13.0. The molecule has 0 aliphatic heterocycles. The van der Waals surface area contributed by atoms with Gasteiger partial charge in [-0.3, -0.25) is 9.40 Å². The van der Waals surface area contributed by atoms with E-state index in [2.05, 4.69) is 9.82 Å². The zero-order valence-electron chi connectivity index (χ0n) is 11.5. The summed E-state index contributed by atoms with van der Waals surface area (Å²) in [6.07, 6.45) is 2.76. The van der Waals surface area contributed by atoms with E-state index in [1.165, 1.54) is 30.6 Å². The normalized spacial score (nSPS) is 11.8. The first kappa shape index (κ1) is 14.5. The van der Waals surface area contributed by atoms with Crippen LogP contribution in [0, 0.1) is 12.7 Å². The van der Waals surface area contributed by atoms with Crippen molar-refractivity contribution in [2.75, 3.05) is 4.72 Å². The third-order valence-corrected chi connectivity index (χ3v) is 4.17. The molecule has 2 aromatic rings. The van der Waals surface area contributed by atoms with Gasteiger partial charge in [0.15, 0.2) is 0 Å². The predicted molar refractivity (Wildman–Crippen MR) is 74.6 cm³/mol. The second kappa shape index (κ2) is 5.24. The fraction of sp³-hybridized carbons (Fsp3) is 0.308. The summed E-state index contributed by atoms with van der Waals surface area (Å²) in [5.74, 6) is -0.405. The Balaban J connectivity index is 2.30. The lowest BCUT2D eigenvalue weighted by molar-refractivity contribution is 0.531. The van der Waals surface area contributed by atoms with Crippen LogP contribution >= 0.6 is 0 Å². The number of benzene rings is 1. The van der Waals surface area contributed by atoms with Gasteiger partial charge in [0.05, 0.1) is 11.9 Å². The van der Waals surface area contributed by atoms with E-state index in [9.17, 15) is 12.8 Å². The number of sulfonamides is 1. The SMILES string of the molecule is Cc1cc(F)ccc1NS(=O)(=O)c1cnn(C(C)C)c1. The van der Waals surface area contributed by atoms with Crippen molar-refractivity contribution in [2.45, 2.75) is 31.7 Å². The summed E-state index contributed by atoms with van der Waals surface area (Å²) in [6.45, 7) is 5.44.